The molecule has 3 nitrogen and oxygen atoms in total. The molecule has 0 amide bonds. The molecule has 6 heteroatoms. The van der Waals surface area contributed by atoms with Gasteiger partial charge in [0.1, 0.15) is 5.82 Å². The van der Waals surface area contributed by atoms with E-state index in [9.17, 15) is 12.8 Å². The van der Waals surface area contributed by atoms with E-state index in [2.05, 4.69) is 15.9 Å². The summed E-state index contributed by atoms with van der Waals surface area (Å²) in [6.45, 7) is 2.57. The van der Waals surface area contributed by atoms with Crippen molar-refractivity contribution >= 4 is 26.0 Å². The van der Waals surface area contributed by atoms with Crippen LogP contribution in [0.3, 0.4) is 0 Å². The summed E-state index contributed by atoms with van der Waals surface area (Å²) in [4.78, 5) is 0.156. The number of hydrogen-bond acceptors (Lipinski definition) is 2. The van der Waals surface area contributed by atoms with Gasteiger partial charge in [0, 0.05) is 17.9 Å². The maximum Gasteiger partial charge on any atom is 0.243 e. The summed E-state index contributed by atoms with van der Waals surface area (Å²) in [5.74, 6) is -0.0969. The minimum absolute atomic E-state index is 0.0277. The number of halogens is 2. The van der Waals surface area contributed by atoms with Gasteiger partial charge in [0.25, 0.3) is 0 Å². The summed E-state index contributed by atoms with van der Waals surface area (Å²) in [6.07, 6.45) is 0.858. The van der Waals surface area contributed by atoms with Gasteiger partial charge in [-0.1, -0.05) is 22.9 Å². The minimum Gasteiger partial charge on any atom is -0.207 e. The summed E-state index contributed by atoms with van der Waals surface area (Å²) in [5.41, 5.74) is 0. The lowest BCUT2D eigenvalue weighted by atomic mass is 10.1. The lowest BCUT2D eigenvalue weighted by Crippen LogP contribution is -2.38. The molecule has 0 aliphatic carbocycles. The van der Waals surface area contributed by atoms with Crippen LogP contribution in [0.4, 0.5) is 4.39 Å². The molecule has 1 aromatic carbocycles. The molecule has 1 saturated heterocycles. The van der Waals surface area contributed by atoms with E-state index in [0.29, 0.717) is 17.8 Å². The Morgan fingerprint density at radius 3 is 2.56 bits per heavy atom. The van der Waals surface area contributed by atoms with Crippen LogP contribution in [0.2, 0.25) is 0 Å². The molecule has 2 rings (SSSR count). The fourth-order valence-corrected chi connectivity index (χ4v) is 5.16. The number of nitrogens with zero attached hydrogens (tertiary/aromatic N) is 1. The maximum atomic E-state index is 12.8. The molecule has 2 atom stereocenters. The molecule has 0 bridgehead atoms. The third kappa shape index (κ3) is 2.46. The molecule has 100 valence electrons. The zero-order valence-electron chi connectivity index (χ0n) is 10.0. The van der Waals surface area contributed by atoms with Gasteiger partial charge >= 0.3 is 0 Å². The van der Waals surface area contributed by atoms with Gasteiger partial charge in [0.15, 0.2) is 0 Å². The van der Waals surface area contributed by atoms with Gasteiger partial charge in [-0.15, -0.1) is 0 Å². The normalized spacial score (nSPS) is 25.5. The zero-order chi connectivity index (χ0) is 13.3. The number of benzene rings is 1. The quantitative estimate of drug-likeness (QED) is 0.796. The monoisotopic (exact) mass is 335 g/mol. The van der Waals surface area contributed by atoms with Crippen LogP contribution in [0.5, 0.6) is 0 Å². The van der Waals surface area contributed by atoms with Gasteiger partial charge in [-0.05, 0) is 36.6 Å². The first-order chi connectivity index (χ1) is 8.46. The highest BCUT2D eigenvalue weighted by atomic mass is 79.9. The van der Waals surface area contributed by atoms with E-state index in [1.165, 1.54) is 28.6 Å². The lowest BCUT2D eigenvalue weighted by molar-refractivity contribution is 0.378. The number of rotatable bonds is 3. The molecule has 1 heterocycles. The van der Waals surface area contributed by atoms with Crippen LogP contribution in [0.1, 0.15) is 13.3 Å². The highest BCUT2D eigenvalue weighted by Crippen LogP contribution is 2.31. The Hall–Kier alpha value is -0.460. The Labute approximate surface area is 115 Å². The van der Waals surface area contributed by atoms with Crippen LogP contribution in [0.15, 0.2) is 29.2 Å². The third-order valence-electron chi connectivity index (χ3n) is 3.41. The Kier molecular flexibility index (Phi) is 4.08. The van der Waals surface area contributed by atoms with Crippen LogP contribution in [0.25, 0.3) is 0 Å². The largest absolute Gasteiger partial charge is 0.243 e. The highest BCUT2D eigenvalue weighted by Gasteiger charge is 2.38. The molecule has 1 aliphatic rings. The standard InChI is InChI=1S/C12H15BrFNO2S/c1-9-6-7-15(12(9)8-13)18(16,17)11-4-2-10(14)3-5-11/h2-5,9,12H,6-8H2,1H3. The van der Waals surface area contributed by atoms with Crippen molar-refractivity contribution in [2.45, 2.75) is 24.3 Å². The molecule has 0 saturated carbocycles. The Morgan fingerprint density at radius 2 is 2.00 bits per heavy atom. The van der Waals surface area contributed by atoms with Gasteiger partial charge < -0.3 is 0 Å². The predicted octanol–water partition coefficient (Wildman–Crippen LogP) is 2.62. The van der Waals surface area contributed by atoms with Crippen LogP contribution in [-0.4, -0.2) is 30.6 Å². The van der Waals surface area contributed by atoms with Gasteiger partial charge in [-0.3, -0.25) is 0 Å². The molecule has 1 fully saturated rings. The van der Waals surface area contributed by atoms with Crippen molar-refractivity contribution in [3.05, 3.63) is 30.1 Å². The molecule has 0 aromatic heterocycles. The van der Waals surface area contributed by atoms with E-state index in [1.807, 2.05) is 6.92 Å². The third-order valence-corrected chi connectivity index (χ3v) is 6.01. The van der Waals surface area contributed by atoms with Crippen molar-refractivity contribution in [2.75, 3.05) is 11.9 Å². The Morgan fingerprint density at radius 1 is 1.39 bits per heavy atom. The Balaban J connectivity index is 2.34. The SMILES string of the molecule is CC1CCN(S(=O)(=O)c2ccc(F)cc2)C1CBr. The number of alkyl halides is 1. The minimum atomic E-state index is -3.51. The van der Waals surface area contributed by atoms with Crippen molar-refractivity contribution in [1.29, 1.82) is 0 Å². The van der Waals surface area contributed by atoms with Gasteiger partial charge in [0.05, 0.1) is 4.90 Å². The molecule has 0 radical (unpaired) electrons. The maximum absolute atomic E-state index is 12.8. The van der Waals surface area contributed by atoms with Gasteiger partial charge in [-0.2, -0.15) is 4.31 Å². The molecule has 18 heavy (non-hydrogen) atoms. The second-order valence-corrected chi connectivity index (χ2v) is 7.10. The summed E-state index contributed by atoms with van der Waals surface area (Å²) in [7, 11) is -3.51. The van der Waals surface area contributed by atoms with Crippen molar-refractivity contribution in [1.82, 2.24) is 4.31 Å². The number of hydrogen-bond donors (Lipinski definition) is 0. The van der Waals surface area contributed by atoms with Gasteiger partial charge in [-0.25, -0.2) is 12.8 Å². The molecule has 1 aromatic rings. The van der Waals surface area contributed by atoms with Crippen LogP contribution in [-0.2, 0) is 10.0 Å². The second-order valence-electron chi connectivity index (χ2n) is 4.56. The fraction of sp³-hybridized carbons (Fsp3) is 0.500. The smallest absolute Gasteiger partial charge is 0.207 e. The van der Waals surface area contributed by atoms with E-state index < -0.39 is 15.8 Å². The van der Waals surface area contributed by atoms with Gasteiger partial charge in [0.2, 0.25) is 10.0 Å². The second kappa shape index (κ2) is 5.27. The summed E-state index contributed by atoms with van der Waals surface area (Å²) < 4.78 is 39.2. The van der Waals surface area contributed by atoms with E-state index >= 15 is 0 Å². The molecule has 2 unspecified atom stereocenters. The zero-order valence-corrected chi connectivity index (χ0v) is 12.4. The molecular weight excluding hydrogens is 321 g/mol. The first kappa shape index (κ1) is 14.0. The summed E-state index contributed by atoms with van der Waals surface area (Å²) in [5, 5.41) is 0.620. The first-order valence-electron chi connectivity index (χ1n) is 5.80. The molecular formula is C12H15BrFNO2S. The van der Waals surface area contributed by atoms with E-state index in [1.54, 1.807) is 0 Å². The first-order valence-corrected chi connectivity index (χ1v) is 8.36. The van der Waals surface area contributed by atoms with E-state index in [4.69, 9.17) is 0 Å². The lowest BCUT2D eigenvalue weighted by Gasteiger charge is -2.24. The summed E-state index contributed by atoms with van der Waals surface area (Å²) in [6, 6.07) is 4.96. The van der Waals surface area contributed by atoms with E-state index in [0.717, 1.165) is 6.42 Å². The average molecular weight is 336 g/mol. The van der Waals surface area contributed by atoms with Crippen LogP contribution >= 0.6 is 15.9 Å². The molecule has 0 spiro atoms. The average Bonchev–Trinajstić information content (AvgIpc) is 2.71. The van der Waals surface area contributed by atoms with Crippen molar-refractivity contribution < 1.29 is 12.8 Å². The molecule has 1 aliphatic heterocycles. The number of sulfonamides is 1. The molecule has 0 N–H and O–H groups in total. The van der Waals surface area contributed by atoms with E-state index in [-0.39, 0.29) is 10.9 Å². The predicted molar refractivity (Wildman–Crippen MR) is 71.7 cm³/mol. The fourth-order valence-electron chi connectivity index (χ4n) is 2.24. The van der Waals surface area contributed by atoms with Crippen LogP contribution in [0, 0.1) is 11.7 Å². The highest BCUT2D eigenvalue weighted by molar-refractivity contribution is 9.09. The topological polar surface area (TPSA) is 37.4 Å². The summed E-state index contributed by atoms with van der Waals surface area (Å²) >= 11 is 3.37. The Bertz CT molecular complexity index is 517. The van der Waals surface area contributed by atoms with Crippen molar-refractivity contribution in [3.8, 4) is 0 Å². The van der Waals surface area contributed by atoms with Crippen LogP contribution < -0.4 is 0 Å². The van der Waals surface area contributed by atoms with Crippen molar-refractivity contribution in [3.63, 3.8) is 0 Å². The van der Waals surface area contributed by atoms with Crippen molar-refractivity contribution in [2.24, 2.45) is 5.92 Å².